The summed E-state index contributed by atoms with van der Waals surface area (Å²) in [5.74, 6) is -0.225. The van der Waals surface area contributed by atoms with Gasteiger partial charge in [0.1, 0.15) is 5.01 Å². The Morgan fingerprint density at radius 2 is 1.83 bits per heavy atom. The van der Waals surface area contributed by atoms with Crippen molar-refractivity contribution in [3.63, 3.8) is 0 Å². The van der Waals surface area contributed by atoms with Crippen LogP contribution in [0.2, 0.25) is 0 Å². The van der Waals surface area contributed by atoms with Crippen LogP contribution in [0.15, 0.2) is 24.3 Å². The molecular weight excluding hydrogens is 386 g/mol. The van der Waals surface area contributed by atoms with Crippen LogP contribution in [0, 0.1) is 5.92 Å². The lowest BCUT2D eigenvalue weighted by Gasteiger charge is -2.27. The molecule has 0 saturated heterocycles. The van der Waals surface area contributed by atoms with Gasteiger partial charge in [-0.25, -0.2) is 4.98 Å². The van der Waals surface area contributed by atoms with Crippen molar-refractivity contribution in [1.82, 2.24) is 15.6 Å². The maximum absolute atomic E-state index is 12.6. The number of fused-ring (bicyclic) bond motifs is 1. The Kier molecular flexibility index (Phi) is 6.25. The largest absolute Gasteiger partial charge is 0.469 e. The number of nitrogens with one attached hydrogen (secondary N) is 2. The summed E-state index contributed by atoms with van der Waals surface area (Å²) >= 11 is 1.76. The first-order valence-electron chi connectivity index (χ1n) is 10.3. The lowest BCUT2D eigenvalue weighted by Crippen LogP contribution is -2.38. The number of carbonyl (C=O) groups excluding carboxylic acids is 2. The molecule has 2 aliphatic rings. The molecule has 6 nitrogen and oxygen atoms in total. The van der Waals surface area contributed by atoms with Crippen LogP contribution in [0.3, 0.4) is 0 Å². The fourth-order valence-corrected chi connectivity index (χ4v) is 5.22. The van der Waals surface area contributed by atoms with E-state index in [4.69, 9.17) is 9.72 Å². The van der Waals surface area contributed by atoms with Crippen LogP contribution >= 0.6 is 11.3 Å². The van der Waals surface area contributed by atoms with Crippen molar-refractivity contribution in [3.8, 4) is 10.6 Å². The lowest BCUT2D eigenvalue weighted by atomic mass is 9.86. The molecular formula is C22H27N3O3S. The van der Waals surface area contributed by atoms with E-state index in [0.29, 0.717) is 5.56 Å². The molecule has 2 heterocycles. The van der Waals surface area contributed by atoms with Crippen LogP contribution in [0.5, 0.6) is 0 Å². The third-order valence-corrected chi connectivity index (χ3v) is 7.04. The monoisotopic (exact) mass is 413 g/mol. The molecule has 0 spiro atoms. The zero-order valence-electron chi connectivity index (χ0n) is 16.7. The Morgan fingerprint density at radius 1 is 1.10 bits per heavy atom. The molecule has 1 aromatic heterocycles. The molecule has 0 radical (unpaired) electrons. The van der Waals surface area contributed by atoms with Crippen molar-refractivity contribution in [2.45, 2.75) is 44.6 Å². The summed E-state index contributed by atoms with van der Waals surface area (Å²) in [6.07, 6.45) is 5.16. The number of methoxy groups -OCH3 is 1. The molecule has 0 atom stereocenters. The SMILES string of the molecule is COC(=O)C1CCC(NC(=O)c2ccc(-c3nc4c(s3)CCNCC4)cc2)CC1. The Labute approximate surface area is 175 Å². The second-order valence-corrected chi connectivity index (χ2v) is 8.85. The van der Waals surface area contributed by atoms with Gasteiger partial charge >= 0.3 is 5.97 Å². The average molecular weight is 414 g/mol. The molecule has 29 heavy (non-hydrogen) atoms. The number of benzene rings is 1. The minimum Gasteiger partial charge on any atom is -0.469 e. The van der Waals surface area contributed by atoms with E-state index in [-0.39, 0.29) is 23.8 Å². The minimum absolute atomic E-state index is 0.0309. The van der Waals surface area contributed by atoms with Crippen LogP contribution in [0.1, 0.15) is 46.6 Å². The van der Waals surface area contributed by atoms with E-state index in [9.17, 15) is 9.59 Å². The Hall–Kier alpha value is -2.25. The van der Waals surface area contributed by atoms with E-state index in [1.807, 2.05) is 24.3 Å². The van der Waals surface area contributed by atoms with Gasteiger partial charge in [-0.2, -0.15) is 0 Å². The second-order valence-electron chi connectivity index (χ2n) is 7.76. The number of aromatic nitrogens is 1. The van der Waals surface area contributed by atoms with Gasteiger partial charge in [0.25, 0.3) is 5.91 Å². The van der Waals surface area contributed by atoms with Gasteiger partial charge in [0, 0.05) is 41.6 Å². The fraction of sp³-hybridized carbons (Fsp3) is 0.500. The third-order valence-electron chi connectivity index (χ3n) is 5.84. The first-order valence-corrected chi connectivity index (χ1v) is 11.1. The molecule has 0 bridgehead atoms. The van der Waals surface area contributed by atoms with Crippen molar-refractivity contribution in [2.75, 3.05) is 20.2 Å². The van der Waals surface area contributed by atoms with Gasteiger partial charge in [-0.3, -0.25) is 9.59 Å². The van der Waals surface area contributed by atoms with Crippen LogP contribution in [-0.2, 0) is 22.4 Å². The summed E-state index contributed by atoms with van der Waals surface area (Å²) in [6, 6.07) is 7.84. The molecule has 154 valence electrons. The van der Waals surface area contributed by atoms with Crippen molar-refractivity contribution < 1.29 is 14.3 Å². The Bertz CT molecular complexity index is 846. The van der Waals surface area contributed by atoms with Gasteiger partial charge < -0.3 is 15.4 Å². The van der Waals surface area contributed by atoms with Gasteiger partial charge in [0.05, 0.1) is 18.7 Å². The van der Waals surface area contributed by atoms with Crippen LogP contribution in [0.4, 0.5) is 0 Å². The predicted molar refractivity (Wildman–Crippen MR) is 113 cm³/mol. The summed E-state index contributed by atoms with van der Waals surface area (Å²) in [4.78, 5) is 30.4. The molecule has 7 heteroatoms. The minimum atomic E-state index is -0.138. The van der Waals surface area contributed by atoms with E-state index in [0.717, 1.165) is 62.2 Å². The average Bonchev–Trinajstić information content (AvgIpc) is 3.04. The topological polar surface area (TPSA) is 80.3 Å². The molecule has 1 saturated carbocycles. The maximum Gasteiger partial charge on any atom is 0.308 e. The van der Waals surface area contributed by atoms with Gasteiger partial charge in [-0.05, 0) is 44.2 Å². The highest BCUT2D eigenvalue weighted by atomic mass is 32.1. The van der Waals surface area contributed by atoms with Crippen molar-refractivity contribution in [2.24, 2.45) is 5.92 Å². The summed E-state index contributed by atoms with van der Waals surface area (Å²) in [6.45, 7) is 1.99. The number of esters is 1. The molecule has 1 aromatic carbocycles. The summed E-state index contributed by atoms with van der Waals surface area (Å²) in [7, 11) is 1.43. The molecule has 1 amide bonds. The fourth-order valence-electron chi connectivity index (χ4n) is 4.10. The number of hydrogen-bond acceptors (Lipinski definition) is 6. The Morgan fingerprint density at radius 3 is 2.55 bits per heavy atom. The normalized spacial score (nSPS) is 21.7. The van der Waals surface area contributed by atoms with Crippen LogP contribution in [0.25, 0.3) is 10.6 Å². The van der Waals surface area contributed by atoms with E-state index >= 15 is 0 Å². The van der Waals surface area contributed by atoms with Gasteiger partial charge in [0.2, 0.25) is 0 Å². The van der Waals surface area contributed by atoms with Gasteiger partial charge in [-0.1, -0.05) is 12.1 Å². The predicted octanol–water partition coefficient (Wildman–Crippen LogP) is 2.96. The molecule has 0 unspecified atom stereocenters. The second kappa shape index (κ2) is 9.05. The Balaban J connectivity index is 1.36. The first-order chi connectivity index (χ1) is 14.1. The quantitative estimate of drug-likeness (QED) is 0.754. The number of ether oxygens (including phenoxy) is 1. The first kappa shape index (κ1) is 20.0. The van der Waals surface area contributed by atoms with Crippen molar-refractivity contribution in [3.05, 3.63) is 40.4 Å². The van der Waals surface area contributed by atoms with E-state index in [1.54, 1.807) is 11.3 Å². The highest BCUT2D eigenvalue weighted by Crippen LogP contribution is 2.30. The smallest absolute Gasteiger partial charge is 0.308 e. The number of rotatable bonds is 4. The molecule has 1 aliphatic heterocycles. The van der Waals surface area contributed by atoms with Crippen molar-refractivity contribution in [1.29, 1.82) is 0 Å². The van der Waals surface area contributed by atoms with Crippen molar-refractivity contribution >= 4 is 23.2 Å². The van der Waals surface area contributed by atoms with E-state index in [1.165, 1.54) is 17.7 Å². The number of amides is 1. The number of nitrogens with zero attached hydrogens (tertiary/aromatic N) is 1. The van der Waals surface area contributed by atoms with E-state index < -0.39 is 0 Å². The summed E-state index contributed by atoms with van der Waals surface area (Å²) < 4.78 is 4.82. The highest BCUT2D eigenvalue weighted by Gasteiger charge is 2.27. The zero-order chi connectivity index (χ0) is 20.2. The zero-order valence-corrected chi connectivity index (χ0v) is 17.5. The number of hydrogen-bond donors (Lipinski definition) is 2. The summed E-state index contributed by atoms with van der Waals surface area (Å²) in [5.41, 5.74) is 2.93. The molecule has 2 aromatic rings. The van der Waals surface area contributed by atoms with Crippen LogP contribution < -0.4 is 10.6 Å². The molecule has 1 fully saturated rings. The standard InChI is InChI=1S/C22H27N3O3S/c1-28-22(27)16-6-8-17(9-7-16)24-20(26)14-2-4-15(5-3-14)21-25-18-10-12-23-13-11-19(18)29-21/h2-5,16-17,23H,6-13H2,1H3,(H,24,26). The van der Waals surface area contributed by atoms with Crippen LogP contribution in [-0.4, -0.2) is 43.1 Å². The number of carbonyl (C=O) groups is 2. The molecule has 2 N–H and O–H groups in total. The van der Waals surface area contributed by atoms with Gasteiger partial charge in [0.15, 0.2) is 0 Å². The van der Waals surface area contributed by atoms with Gasteiger partial charge in [-0.15, -0.1) is 11.3 Å². The lowest BCUT2D eigenvalue weighted by molar-refractivity contribution is -0.146. The van der Waals surface area contributed by atoms with E-state index in [2.05, 4.69) is 10.6 Å². The molecule has 4 rings (SSSR count). The third kappa shape index (κ3) is 4.67. The highest BCUT2D eigenvalue weighted by molar-refractivity contribution is 7.15. The molecule has 1 aliphatic carbocycles. The number of thiazole rings is 1. The summed E-state index contributed by atoms with van der Waals surface area (Å²) in [5, 5.41) is 7.54. The maximum atomic E-state index is 12.6.